The van der Waals surface area contributed by atoms with Gasteiger partial charge >= 0.3 is 0 Å². The Kier molecular flexibility index (Phi) is 3.74. The molecule has 0 fully saturated rings. The van der Waals surface area contributed by atoms with Crippen LogP contribution in [0.3, 0.4) is 0 Å². The normalized spacial score (nSPS) is 9.43. The molecule has 0 bridgehead atoms. The van der Waals surface area contributed by atoms with Gasteiger partial charge in [0.05, 0.1) is 0 Å². The van der Waals surface area contributed by atoms with E-state index in [1.165, 1.54) is 0 Å². The van der Waals surface area contributed by atoms with E-state index >= 15 is 0 Å². The van der Waals surface area contributed by atoms with Gasteiger partial charge in [-0.2, -0.15) is 0 Å². The lowest BCUT2D eigenvalue weighted by molar-refractivity contribution is 0.718. The molecular weight excluding hydrogens is 178 g/mol. The van der Waals surface area contributed by atoms with Crippen LogP contribution in [0, 0.1) is 12.3 Å². The standard InChI is InChI=1S/C10H13N3O/c1-3-5-6-11-9-10(14)13(4-2)8-7-12-9/h1,7-8H,4-6H2,2H3,(H,11,12). The van der Waals surface area contributed by atoms with E-state index < -0.39 is 0 Å². The van der Waals surface area contributed by atoms with Gasteiger partial charge in [-0.25, -0.2) is 4.98 Å². The first kappa shape index (κ1) is 10.3. The fraction of sp³-hybridized carbons (Fsp3) is 0.400. The van der Waals surface area contributed by atoms with Gasteiger partial charge in [-0.1, -0.05) is 0 Å². The first-order valence-electron chi connectivity index (χ1n) is 4.52. The molecular formula is C10H13N3O. The van der Waals surface area contributed by atoms with Crippen LogP contribution in [0.2, 0.25) is 0 Å². The molecule has 0 saturated heterocycles. The lowest BCUT2D eigenvalue weighted by Crippen LogP contribution is -2.23. The third-order valence-corrected chi connectivity index (χ3v) is 1.82. The second-order valence-electron chi connectivity index (χ2n) is 2.75. The minimum absolute atomic E-state index is 0.105. The van der Waals surface area contributed by atoms with Gasteiger partial charge in [0.1, 0.15) is 0 Å². The highest BCUT2D eigenvalue weighted by Gasteiger charge is 2.01. The van der Waals surface area contributed by atoms with Crippen molar-refractivity contribution < 1.29 is 0 Å². The van der Waals surface area contributed by atoms with Crippen LogP contribution in [0.25, 0.3) is 0 Å². The lowest BCUT2D eigenvalue weighted by atomic mass is 10.4. The third-order valence-electron chi connectivity index (χ3n) is 1.82. The summed E-state index contributed by atoms with van der Waals surface area (Å²) in [6.45, 7) is 3.13. The molecule has 0 saturated carbocycles. The van der Waals surface area contributed by atoms with Crippen molar-refractivity contribution in [2.45, 2.75) is 19.9 Å². The Bertz CT molecular complexity index is 389. The molecule has 0 spiro atoms. The van der Waals surface area contributed by atoms with Crippen LogP contribution in [0.1, 0.15) is 13.3 Å². The van der Waals surface area contributed by atoms with Crippen LogP contribution in [-0.2, 0) is 6.54 Å². The third kappa shape index (κ3) is 2.36. The number of anilines is 1. The first-order valence-corrected chi connectivity index (χ1v) is 4.52. The number of terminal acetylenes is 1. The largest absolute Gasteiger partial charge is 0.365 e. The van der Waals surface area contributed by atoms with Crippen LogP contribution in [0.5, 0.6) is 0 Å². The smallest absolute Gasteiger partial charge is 0.293 e. The molecule has 0 atom stereocenters. The topological polar surface area (TPSA) is 46.9 Å². The van der Waals surface area contributed by atoms with Crippen LogP contribution >= 0.6 is 0 Å². The Hall–Kier alpha value is -1.76. The minimum Gasteiger partial charge on any atom is -0.365 e. The van der Waals surface area contributed by atoms with Crippen LogP contribution in [0.15, 0.2) is 17.2 Å². The van der Waals surface area contributed by atoms with Crippen molar-refractivity contribution in [1.82, 2.24) is 9.55 Å². The highest BCUT2D eigenvalue weighted by Crippen LogP contribution is 1.92. The Morgan fingerprint density at radius 2 is 2.50 bits per heavy atom. The summed E-state index contributed by atoms with van der Waals surface area (Å²) >= 11 is 0. The van der Waals surface area contributed by atoms with Gasteiger partial charge in [-0.05, 0) is 6.92 Å². The fourth-order valence-corrected chi connectivity index (χ4v) is 1.07. The molecule has 74 valence electrons. The predicted octanol–water partition coefficient (Wildman–Crippen LogP) is 0.698. The zero-order valence-electron chi connectivity index (χ0n) is 8.16. The molecule has 14 heavy (non-hydrogen) atoms. The molecule has 4 nitrogen and oxygen atoms in total. The fourth-order valence-electron chi connectivity index (χ4n) is 1.07. The second kappa shape index (κ2) is 5.07. The summed E-state index contributed by atoms with van der Waals surface area (Å²) in [7, 11) is 0. The zero-order chi connectivity index (χ0) is 10.4. The van der Waals surface area contributed by atoms with Crippen molar-refractivity contribution in [1.29, 1.82) is 0 Å². The molecule has 4 heteroatoms. The highest BCUT2D eigenvalue weighted by atomic mass is 16.1. The summed E-state index contributed by atoms with van der Waals surface area (Å²) in [6.07, 6.45) is 8.94. The van der Waals surface area contributed by atoms with E-state index in [1.807, 2.05) is 6.92 Å². The molecule has 0 aliphatic carbocycles. The van der Waals surface area contributed by atoms with Crippen molar-refractivity contribution in [3.05, 3.63) is 22.7 Å². The van der Waals surface area contributed by atoms with E-state index in [0.29, 0.717) is 25.3 Å². The number of hydrogen-bond acceptors (Lipinski definition) is 3. The van der Waals surface area contributed by atoms with Crippen molar-refractivity contribution >= 4 is 5.82 Å². The van der Waals surface area contributed by atoms with Gasteiger partial charge in [0, 0.05) is 31.9 Å². The number of nitrogens with one attached hydrogen (secondary N) is 1. The molecule has 1 aromatic rings. The SMILES string of the molecule is C#CCCNc1nccn(CC)c1=O. The molecule has 1 heterocycles. The summed E-state index contributed by atoms with van der Waals surface area (Å²) in [4.78, 5) is 15.5. The van der Waals surface area contributed by atoms with Crippen LogP contribution in [-0.4, -0.2) is 16.1 Å². The number of hydrogen-bond donors (Lipinski definition) is 1. The Labute approximate surface area is 83.0 Å². The van der Waals surface area contributed by atoms with Crippen molar-refractivity contribution in [2.75, 3.05) is 11.9 Å². The number of aromatic nitrogens is 2. The average molecular weight is 191 g/mol. The molecule has 0 aliphatic heterocycles. The molecule has 1 rings (SSSR count). The van der Waals surface area contributed by atoms with E-state index in [1.54, 1.807) is 17.0 Å². The number of nitrogens with zero attached hydrogens (tertiary/aromatic N) is 2. The van der Waals surface area contributed by atoms with E-state index in [9.17, 15) is 4.79 Å². The van der Waals surface area contributed by atoms with Gasteiger partial charge in [0.25, 0.3) is 5.56 Å². The molecule has 0 amide bonds. The van der Waals surface area contributed by atoms with Crippen LogP contribution in [0.4, 0.5) is 5.82 Å². The molecule has 0 aromatic carbocycles. The van der Waals surface area contributed by atoms with Gasteiger partial charge in [-0.15, -0.1) is 12.3 Å². The number of rotatable bonds is 4. The van der Waals surface area contributed by atoms with E-state index in [2.05, 4.69) is 16.2 Å². The van der Waals surface area contributed by atoms with Crippen LogP contribution < -0.4 is 10.9 Å². The van der Waals surface area contributed by atoms with Crippen molar-refractivity contribution in [3.63, 3.8) is 0 Å². The molecule has 0 aliphatic rings. The quantitative estimate of drug-likeness (QED) is 0.563. The van der Waals surface area contributed by atoms with Gasteiger partial charge < -0.3 is 9.88 Å². The summed E-state index contributed by atoms with van der Waals surface area (Å²) in [5, 5.41) is 2.90. The van der Waals surface area contributed by atoms with Crippen molar-refractivity contribution in [3.8, 4) is 12.3 Å². The van der Waals surface area contributed by atoms with E-state index in [-0.39, 0.29) is 5.56 Å². The highest BCUT2D eigenvalue weighted by molar-refractivity contribution is 5.30. The lowest BCUT2D eigenvalue weighted by Gasteiger charge is -2.05. The van der Waals surface area contributed by atoms with Gasteiger partial charge in [-0.3, -0.25) is 4.79 Å². The number of aryl methyl sites for hydroxylation is 1. The maximum atomic E-state index is 11.6. The average Bonchev–Trinajstić information content (AvgIpc) is 2.21. The Balaban J connectivity index is 2.78. The minimum atomic E-state index is -0.105. The first-order chi connectivity index (χ1) is 6.79. The molecule has 0 unspecified atom stereocenters. The van der Waals surface area contributed by atoms with Gasteiger partial charge in [0.2, 0.25) is 0 Å². The monoisotopic (exact) mass is 191 g/mol. The molecule has 1 N–H and O–H groups in total. The summed E-state index contributed by atoms with van der Waals surface area (Å²) in [5.74, 6) is 2.85. The van der Waals surface area contributed by atoms with Crippen molar-refractivity contribution in [2.24, 2.45) is 0 Å². The summed E-state index contributed by atoms with van der Waals surface area (Å²) in [5.41, 5.74) is -0.105. The predicted molar refractivity (Wildman–Crippen MR) is 56.1 cm³/mol. The molecule has 0 radical (unpaired) electrons. The Morgan fingerprint density at radius 1 is 1.71 bits per heavy atom. The van der Waals surface area contributed by atoms with E-state index in [0.717, 1.165) is 0 Å². The maximum Gasteiger partial charge on any atom is 0.293 e. The Morgan fingerprint density at radius 3 is 3.14 bits per heavy atom. The summed E-state index contributed by atoms with van der Waals surface area (Å²) in [6, 6.07) is 0. The second-order valence-corrected chi connectivity index (χ2v) is 2.75. The zero-order valence-corrected chi connectivity index (χ0v) is 8.16. The molecule has 1 aromatic heterocycles. The summed E-state index contributed by atoms with van der Waals surface area (Å²) < 4.78 is 1.59. The van der Waals surface area contributed by atoms with Gasteiger partial charge in [0.15, 0.2) is 5.82 Å². The maximum absolute atomic E-state index is 11.6. The van der Waals surface area contributed by atoms with E-state index in [4.69, 9.17) is 6.42 Å².